The maximum atomic E-state index is 6.03. The number of nitrogens with one attached hydrogen (secondary N) is 1. The van der Waals surface area contributed by atoms with Crippen LogP contribution in [0.15, 0.2) is 30.6 Å². The van der Waals surface area contributed by atoms with Gasteiger partial charge in [0.05, 0.1) is 11.7 Å². The molecule has 0 aliphatic rings. The first-order valence-corrected chi connectivity index (χ1v) is 6.50. The number of anilines is 1. The minimum Gasteiger partial charge on any atom is -0.383 e. The second-order valence-electron chi connectivity index (χ2n) is 4.68. The van der Waals surface area contributed by atoms with Crippen molar-refractivity contribution in [3.05, 3.63) is 53.0 Å². The molecule has 2 rings (SSSR count). The van der Waals surface area contributed by atoms with Crippen molar-refractivity contribution in [3.63, 3.8) is 0 Å². The molecule has 4 heteroatoms. The highest BCUT2D eigenvalue weighted by molar-refractivity contribution is 5.47. The molecule has 4 nitrogen and oxygen atoms in total. The average molecular weight is 256 g/mol. The first kappa shape index (κ1) is 13.5. The highest BCUT2D eigenvalue weighted by Crippen LogP contribution is 2.26. The number of pyridine rings is 2. The van der Waals surface area contributed by atoms with Gasteiger partial charge in [0.15, 0.2) is 0 Å². The molecule has 0 aliphatic heterocycles. The van der Waals surface area contributed by atoms with Gasteiger partial charge < -0.3 is 11.1 Å². The molecule has 2 aromatic heterocycles. The van der Waals surface area contributed by atoms with E-state index in [0.717, 1.165) is 28.9 Å². The maximum Gasteiger partial charge on any atom is 0.128 e. The summed E-state index contributed by atoms with van der Waals surface area (Å²) in [6, 6.07) is 6.06. The third kappa shape index (κ3) is 2.90. The second-order valence-corrected chi connectivity index (χ2v) is 4.68. The summed E-state index contributed by atoms with van der Waals surface area (Å²) in [5, 5.41) is 3.44. The van der Waals surface area contributed by atoms with Gasteiger partial charge in [-0.1, -0.05) is 13.0 Å². The molecule has 1 unspecified atom stereocenters. The molecular formula is C15H20N4. The van der Waals surface area contributed by atoms with Crippen molar-refractivity contribution in [2.75, 3.05) is 12.3 Å². The Hall–Kier alpha value is -1.94. The van der Waals surface area contributed by atoms with E-state index in [1.54, 1.807) is 6.20 Å². The van der Waals surface area contributed by atoms with Crippen LogP contribution < -0.4 is 11.1 Å². The van der Waals surface area contributed by atoms with Crippen LogP contribution in [0.3, 0.4) is 0 Å². The summed E-state index contributed by atoms with van der Waals surface area (Å²) >= 11 is 0. The summed E-state index contributed by atoms with van der Waals surface area (Å²) < 4.78 is 0. The second kappa shape index (κ2) is 5.80. The van der Waals surface area contributed by atoms with Gasteiger partial charge in [-0.15, -0.1) is 0 Å². The van der Waals surface area contributed by atoms with Gasteiger partial charge in [0.25, 0.3) is 0 Å². The first-order valence-electron chi connectivity index (χ1n) is 6.50. The molecule has 2 heterocycles. The summed E-state index contributed by atoms with van der Waals surface area (Å²) in [6.07, 6.45) is 3.60. The minimum atomic E-state index is -0.0152. The Morgan fingerprint density at radius 3 is 2.79 bits per heavy atom. The molecule has 2 aromatic rings. The van der Waals surface area contributed by atoms with Gasteiger partial charge in [0.2, 0.25) is 0 Å². The molecule has 0 saturated carbocycles. The van der Waals surface area contributed by atoms with Crippen LogP contribution in [0.25, 0.3) is 0 Å². The molecule has 0 aromatic carbocycles. The number of hydrogen-bond acceptors (Lipinski definition) is 4. The van der Waals surface area contributed by atoms with Crippen LogP contribution in [0.4, 0.5) is 5.82 Å². The predicted molar refractivity (Wildman–Crippen MR) is 77.9 cm³/mol. The van der Waals surface area contributed by atoms with Gasteiger partial charge in [-0.25, -0.2) is 4.98 Å². The van der Waals surface area contributed by atoms with E-state index in [2.05, 4.69) is 41.3 Å². The van der Waals surface area contributed by atoms with Gasteiger partial charge in [0, 0.05) is 18.0 Å². The molecule has 0 saturated heterocycles. The standard InChI is InChI=1S/C15H20N4/c1-4-17-14(13-11(3)6-5-7-18-13)12-8-10(2)9-19-15(12)16/h5-9,14,17H,4H2,1-3H3,(H2,16,19). The molecule has 0 amide bonds. The first-order chi connectivity index (χ1) is 9.13. The van der Waals surface area contributed by atoms with Gasteiger partial charge >= 0.3 is 0 Å². The van der Waals surface area contributed by atoms with Crippen molar-refractivity contribution in [3.8, 4) is 0 Å². The lowest BCUT2D eigenvalue weighted by Crippen LogP contribution is -2.25. The smallest absolute Gasteiger partial charge is 0.128 e. The molecule has 0 bridgehead atoms. The molecule has 19 heavy (non-hydrogen) atoms. The van der Waals surface area contributed by atoms with Crippen molar-refractivity contribution in [1.29, 1.82) is 0 Å². The van der Waals surface area contributed by atoms with Crippen molar-refractivity contribution in [2.45, 2.75) is 26.8 Å². The van der Waals surface area contributed by atoms with Gasteiger partial charge in [-0.05, 0) is 43.7 Å². The fourth-order valence-corrected chi connectivity index (χ4v) is 2.19. The van der Waals surface area contributed by atoms with E-state index in [4.69, 9.17) is 5.73 Å². The summed E-state index contributed by atoms with van der Waals surface area (Å²) in [5.41, 5.74) is 10.3. The molecule has 0 aliphatic carbocycles. The number of aryl methyl sites for hydroxylation is 2. The molecule has 3 N–H and O–H groups in total. The fraction of sp³-hybridized carbons (Fsp3) is 0.333. The van der Waals surface area contributed by atoms with Crippen molar-refractivity contribution in [1.82, 2.24) is 15.3 Å². The minimum absolute atomic E-state index is 0.0152. The van der Waals surface area contributed by atoms with Crippen molar-refractivity contribution in [2.24, 2.45) is 0 Å². The number of nitrogen functional groups attached to an aromatic ring is 1. The van der Waals surface area contributed by atoms with E-state index < -0.39 is 0 Å². The van der Waals surface area contributed by atoms with Crippen molar-refractivity contribution >= 4 is 5.82 Å². The fourth-order valence-electron chi connectivity index (χ4n) is 2.19. The van der Waals surface area contributed by atoms with Gasteiger partial charge in [-0.3, -0.25) is 4.98 Å². The molecule has 1 atom stereocenters. The summed E-state index contributed by atoms with van der Waals surface area (Å²) in [7, 11) is 0. The normalized spacial score (nSPS) is 12.4. The average Bonchev–Trinajstić information content (AvgIpc) is 2.40. The highest BCUT2D eigenvalue weighted by atomic mass is 15.0. The Bertz CT molecular complexity index is 566. The maximum absolute atomic E-state index is 6.03. The summed E-state index contributed by atoms with van der Waals surface area (Å²) in [6.45, 7) is 7.00. The lowest BCUT2D eigenvalue weighted by Gasteiger charge is -2.21. The molecular weight excluding hydrogens is 236 g/mol. The molecule has 100 valence electrons. The van der Waals surface area contributed by atoms with E-state index in [1.165, 1.54) is 0 Å². The third-order valence-corrected chi connectivity index (χ3v) is 3.13. The van der Waals surface area contributed by atoms with E-state index in [0.29, 0.717) is 5.82 Å². The van der Waals surface area contributed by atoms with Crippen LogP contribution in [0.2, 0.25) is 0 Å². The zero-order chi connectivity index (χ0) is 13.8. The van der Waals surface area contributed by atoms with E-state index in [1.807, 2.05) is 19.2 Å². The highest BCUT2D eigenvalue weighted by Gasteiger charge is 2.19. The lowest BCUT2D eigenvalue weighted by atomic mass is 9.99. The molecule has 0 spiro atoms. The van der Waals surface area contributed by atoms with Crippen LogP contribution >= 0.6 is 0 Å². The van der Waals surface area contributed by atoms with Crippen LogP contribution in [-0.2, 0) is 0 Å². The Balaban J connectivity index is 2.51. The van der Waals surface area contributed by atoms with Gasteiger partial charge in [-0.2, -0.15) is 0 Å². The molecule has 0 radical (unpaired) electrons. The largest absolute Gasteiger partial charge is 0.383 e. The number of nitrogens with two attached hydrogens (primary N) is 1. The van der Waals surface area contributed by atoms with E-state index >= 15 is 0 Å². The quantitative estimate of drug-likeness (QED) is 0.881. The summed E-state index contributed by atoms with van der Waals surface area (Å²) in [5.74, 6) is 0.557. The van der Waals surface area contributed by atoms with E-state index in [9.17, 15) is 0 Å². The van der Waals surface area contributed by atoms with Gasteiger partial charge in [0.1, 0.15) is 5.82 Å². The van der Waals surface area contributed by atoms with Crippen LogP contribution in [-0.4, -0.2) is 16.5 Å². The Morgan fingerprint density at radius 1 is 1.32 bits per heavy atom. The SMILES string of the molecule is CCNC(c1cc(C)cnc1N)c1ncccc1C. The zero-order valence-electron chi connectivity index (χ0n) is 11.6. The number of aromatic nitrogens is 2. The topological polar surface area (TPSA) is 63.8 Å². The predicted octanol–water partition coefficient (Wildman–Crippen LogP) is 2.37. The van der Waals surface area contributed by atoms with E-state index in [-0.39, 0.29) is 6.04 Å². The van der Waals surface area contributed by atoms with Crippen LogP contribution in [0.5, 0.6) is 0 Å². The number of rotatable bonds is 4. The Labute approximate surface area is 114 Å². The Morgan fingerprint density at radius 2 is 2.11 bits per heavy atom. The number of nitrogens with zero attached hydrogens (tertiary/aromatic N) is 2. The monoisotopic (exact) mass is 256 g/mol. The number of hydrogen-bond donors (Lipinski definition) is 2. The van der Waals surface area contributed by atoms with Crippen molar-refractivity contribution < 1.29 is 0 Å². The third-order valence-electron chi connectivity index (χ3n) is 3.13. The Kier molecular flexibility index (Phi) is 4.12. The zero-order valence-corrected chi connectivity index (χ0v) is 11.6. The van der Waals surface area contributed by atoms with Crippen LogP contribution in [0, 0.1) is 13.8 Å². The van der Waals surface area contributed by atoms with Crippen LogP contribution in [0.1, 0.15) is 35.3 Å². The lowest BCUT2D eigenvalue weighted by molar-refractivity contribution is 0.611. The summed E-state index contributed by atoms with van der Waals surface area (Å²) in [4.78, 5) is 8.75. The molecule has 0 fully saturated rings.